The number of aliphatic imine (C=N–C) groups is 1. The zero-order valence-corrected chi connectivity index (χ0v) is 12.7. The van der Waals surface area contributed by atoms with Crippen molar-refractivity contribution in [3.05, 3.63) is 83.8 Å². The first kappa shape index (κ1) is 15.7. The highest BCUT2D eigenvalue weighted by Crippen LogP contribution is 2.24. The van der Waals surface area contributed by atoms with Crippen molar-refractivity contribution in [1.82, 2.24) is 0 Å². The van der Waals surface area contributed by atoms with Gasteiger partial charge >= 0.3 is 5.97 Å². The summed E-state index contributed by atoms with van der Waals surface area (Å²) in [6, 6.07) is 13.0. The van der Waals surface area contributed by atoms with Crippen LogP contribution in [-0.4, -0.2) is 18.5 Å². The summed E-state index contributed by atoms with van der Waals surface area (Å²) in [6.45, 7) is 3.95. The molecule has 0 spiro atoms. The van der Waals surface area contributed by atoms with E-state index in [1.54, 1.807) is 30.4 Å². The number of cyclic esters (lactones) is 1. The maximum atomic E-state index is 13.3. The van der Waals surface area contributed by atoms with Crippen LogP contribution in [0.3, 0.4) is 0 Å². The Bertz CT molecular complexity index is 855. The Morgan fingerprint density at radius 1 is 1.21 bits per heavy atom. The molecule has 0 fully saturated rings. The van der Waals surface area contributed by atoms with Crippen molar-refractivity contribution < 1.29 is 18.7 Å². The smallest absolute Gasteiger partial charge is 0.363 e. The summed E-state index contributed by atoms with van der Waals surface area (Å²) in [5.74, 6) is -0.331. The van der Waals surface area contributed by atoms with Gasteiger partial charge in [-0.1, -0.05) is 36.9 Å². The van der Waals surface area contributed by atoms with Gasteiger partial charge in [-0.05, 0) is 30.3 Å². The minimum absolute atomic E-state index is 0.0789. The molecule has 0 bridgehead atoms. The van der Waals surface area contributed by atoms with Crippen LogP contribution in [0.25, 0.3) is 6.08 Å². The molecule has 4 nitrogen and oxygen atoms in total. The average Bonchev–Trinajstić information content (AvgIpc) is 2.95. The van der Waals surface area contributed by atoms with Gasteiger partial charge in [-0.2, -0.15) is 0 Å². The molecule has 0 unspecified atom stereocenters. The van der Waals surface area contributed by atoms with Crippen molar-refractivity contribution in [2.75, 3.05) is 6.61 Å². The molecule has 2 aromatic carbocycles. The van der Waals surface area contributed by atoms with Gasteiger partial charge < -0.3 is 9.47 Å². The Hall–Kier alpha value is -3.21. The standard InChI is InChI=1S/C19H14FNO3/c1-2-10-23-17-9-4-3-6-13(17)12-16-19(22)24-18(21-16)14-7-5-8-15(20)11-14/h2-9,11-12H,1,10H2/b16-12+. The Morgan fingerprint density at radius 3 is 2.83 bits per heavy atom. The maximum absolute atomic E-state index is 13.3. The molecule has 0 atom stereocenters. The first-order chi connectivity index (χ1) is 11.7. The van der Waals surface area contributed by atoms with Crippen LogP contribution in [0.5, 0.6) is 5.75 Å². The lowest BCUT2D eigenvalue weighted by atomic mass is 10.1. The number of hydrogen-bond donors (Lipinski definition) is 0. The van der Waals surface area contributed by atoms with Crippen LogP contribution in [-0.2, 0) is 9.53 Å². The van der Waals surface area contributed by atoms with E-state index in [-0.39, 0.29) is 11.6 Å². The third-order valence-electron chi connectivity index (χ3n) is 3.26. The second kappa shape index (κ2) is 6.91. The fraction of sp³-hybridized carbons (Fsp3) is 0.0526. The number of rotatable bonds is 5. The number of benzene rings is 2. The van der Waals surface area contributed by atoms with E-state index in [0.717, 1.165) is 0 Å². The highest BCUT2D eigenvalue weighted by Gasteiger charge is 2.24. The predicted molar refractivity (Wildman–Crippen MR) is 89.1 cm³/mol. The molecule has 1 aliphatic rings. The van der Waals surface area contributed by atoms with E-state index in [1.807, 2.05) is 12.1 Å². The van der Waals surface area contributed by atoms with Gasteiger partial charge in [0.15, 0.2) is 5.70 Å². The van der Waals surface area contributed by atoms with Gasteiger partial charge in [0.25, 0.3) is 0 Å². The number of esters is 1. The van der Waals surface area contributed by atoms with E-state index in [0.29, 0.717) is 23.5 Å². The topological polar surface area (TPSA) is 47.9 Å². The van der Waals surface area contributed by atoms with Gasteiger partial charge in [-0.15, -0.1) is 0 Å². The van der Waals surface area contributed by atoms with Crippen LogP contribution in [0.1, 0.15) is 11.1 Å². The molecular formula is C19H14FNO3. The van der Waals surface area contributed by atoms with Crippen molar-refractivity contribution >= 4 is 17.9 Å². The van der Waals surface area contributed by atoms with E-state index < -0.39 is 11.8 Å². The molecule has 0 aliphatic carbocycles. The third-order valence-corrected chi connectivity index (χ3v) is 3.26. The van der Waals surface area contributed by atoms with E-state index in [2.05, 4.69) is 11.6 Å². The minimum Gasteiger partial charge on any atom is -0.489 e. The molecule has 0 aromatic heterocycles. The SMILES string of the molecule is C=CCOc1ccccc1/C=C1/N=C(c2cccc(F)c2)OC1=O. The molecule has 2 aromatic rings. The van der Waals surface area contributed by atoms with Crippen LogP contribution in [0.2, 0.25) is 0 Å². The van der Waals surface area contributed by atoms with Crippen LogP contribution < -0.4 is 4.74 Å². The lowest BCUT2D eigenvalue weighted by molar-refractivity contribution is -0.129. The number of hydrogen-bond acceptors (Lipinski definition) is 4. The summed E-state index contributed by atoms with van der Waals surface area (Å²) < 4.78 is 24.0. The van der Waals surface area contributed by atoms with E-state index in [4.69, 9.17) is 9.47 Å². The van der Waals surface area contributed by atoms with E-state index >= 15 is 0 Å². The van der Waals surface area contributed by atoms with E-state index in [1.165, 1.54) is 18.2 Å². The normalized spacial score (nSPS) is 15.1. The lowest BCUT2D eigenvalue weighted by Gasteiger charge is -2.06. The summed E-state index contributed by atoms with van der Waals surface area (Å²) in [5.41, 5.74) is 1.22. The molecule has 0 saturated heterocycles. The summed E-state index contributed by atoms with van der Waals surface area (Å²) in [6.07, 6.45) is 3.21. The average molecular weight is 323 g/mol. The van der Waals surface area contributed by atoms with Crippen molar-refractivity contribution in [2.45, 2.75) is 0 Å². The maximum Gasteiger partial charge on any atom is 0.363 e. The molecule has 0 N–H and O–H groups in total. The van der Waals surface area contributed by atoms with Crippen LogP contribution in [0.4, 0.5) is 4.39 Å². The molecule has 0 radical (unpaired) electrons. The molecular weight excluding hydrogens is 309 g/mol. The fourth-order valence-electron chi connectivity index (χ4n) is 2.18. The Balaban J connectivity index is 1.93. The monoisotopic (exact) mass is 323 g/mol. The zero-order valence-electron chi connectivity index (χ0n) is 12.7. The molecule has 24 heavy (non-hydrogen) atoms. The molecule has 0 saturated carbocycles. The highest BCUT2D eigenvalue weighted by atomic mass is 19.1. The van der Waals surface area contributed by atoms with Crippen LogP contribution in [0.15, 0.2) is 71.9 Å². The Kier molecular flexibility index (Phi) is 4.52. The first-order valence-electron chi connectivity index (χ1n) is 7.28. The van der Waals surface area contributed by atoms with Gasteiger partial charge in [-0.25, -0.2) is 14.2 Å². The quantitative estimate of drug-likeness (QED) is 0.478. The molecule has 1 heterocycles. The van der Waals surface area contributed by atoms with Gasteiger partial charge in [0.1, 0.15) is 18.2 Å². The van der Waals surface area contributed by atoms with Gasteiger partial charge in [0, 0.05) is 11.1 Å². The molecule has 3 rings (SSSR count). The summed E-state index contributed by atoms with van der Waals surface area (Å²) in [5, 5.41) is 0. The van der Waals surface area contributed by atoms with Crippen LogP contribution >= 0.6 is 0 Å². The highest BCUT2D eigenvalue weighted by molar-refractivity contribution is 6.12. The Labute approximate surface area is 138 Å². The minimum atomic E-state index is -0.590. The van der Waals surface area contributed by atoms with Crippen LogP contribution in [0, 0.1) is 5.82 Å². The second-order valence-corrected chi connectivity index (χ2v) is 4.98. The largest absolute Gasteiger partial charge is 0.489 e. The number of carbonyl (C=O) groups excluding carboxylic acids is 1. The van der Waals surface area contributed by atoms with Crippen molar-refractivity contribution in [1.29, 1.82) is 0 Å². The van der Waals surface area contributed by atoms with Gasteiger partial charge in [0.05, 0.1) is 0 Å². The number of ether oxygens (including phenoxy) is 2. The van der Waals surface area contributed by atoms with Crippen molar-refractivity contribution in [3.63, 3.8) is 0 Å². The Morgan fingerprint density at radius 2 is 2.04 bits per heavy atom. The number of para-hydroxylation sites is 1. The van der Waals surface area contributed by atoms with Crippen molar-refractivity contribution in [2.24, 2.45) is 4.99 Å². The number of carbonyl (C=O) groups is 1. The second-order valence-electron chi connectivity index (χ2n) is 4.98. The molecule has 0 amide bonds. The van der Waals surface area contributed by atoms with E-state index in [9.17, 15) is 9.18 Å². The number of halogens is 1. The lowest BCUT2D eigenvalue weighted by Crippen LogP contribution is -2.05. The summed E-state index contributed by atoms with van der Waals surface area (Å²) in [4.78, 5) is 16.2. The fourth-order valence-corrected chi connectivity index (χ4v) is 2.18. The van der Waals surface area contributed by atoms with Gasteiger partial charge in [0.2, 0.25) is 5.90 Å². The predicted octanol–water partition coefficient (Wildman–Crippen LogP) is 3.74. The van der Waals surface area contributed by atoms with Gasteiger partial charge in [-0.3, -0.25) is 0 Å². The molecule has 5 heteroatoms. The molecule has 1 aliphatic heterocycles. The zero-order chi connectivity index (χ0) is 16.9. The third kappa shape index (κ3) is 3.41. The molecule has 120 valence electrons. The number of nitrogens with zero attached hydrogens (tertiary/aromatic N) is 1. The van der Waals surface area contributed by atoms with Crippen molar-refractivity contribution in [3.8, 4) is 5.75 Å². The summed E-state index contributed by atoms with van der Waals surface area (Å²) >= 11 is 0. The summed E-state index contributed by atoms with van der Waals surface area (Å²) in [7, 11) is 0. The first-order valence-corrected chi connectivity index (χ1v) is 7.28.